The summed E-state index contributed by atoms with van der Waals surface area (Å²) >= 11 is 0. The maximum Gasteiger partial charge on any atom is 0.305 e. The minimum Gasteiger partial charge on any atom is -0.481 e. The van der Waals surface area contributed by atoms with Crippen LogP contribution in [0.2, 0.25) is 0 Å². The molecule has 1 rings (SSSR count). The quantitative estimate of drug-likeness (QED) is 0.606. The van der Waals surface area contributed by atoms with Gasteiger partial charge in [0.15, 0.2) is 0 Å². The van der Waals surface area contributed by atoms with Crippen molar-refractivity contribution in [3.63, 3.8) is 0 Å². The van der Waals surface area contributed by atoms with Crippen LogP contribution in [0.4, 0.5) is 0 Å². The molecule has 0 spiro atoms. The summed E-state index contributed by atoms with van der Waals surface area (Å²) in [5, 5.41) is 19.6. The zero-order valence-corrected chi connectivity index (χ0v) is 11.5. The molecule has 0 bridgehead atoms. The molecule has 7 heteroatoms. The van der Waals surface area contributed by atoms with Gasteiger partial charge in [0.2, 0.25) is 5.91 Å². The van der Waals surface area contributed by atoms with E-state index in [-0.39, 0.29) is 25.0 Å². The Hall–Kier alpha value is -1.65. The second-order valence-corrected chi connectivity index (χ2v) is 4.75. The lowest BCUT2D eigenvalue weighted by Gasteiger charge is -2.31. The van der Waals surface area contributed by atoms with Crippen molar-refractivity contribution in [1.82, 2.24) is 10.2 Å². The number of rotatable bonds is 8. The van der Waals surface area contributed by atoms with Gasteiger partial charge in [0.25, 0.3) is 0 Å². The molecule has 0 saturated carbocycles. The van der Waals surface area contributed by atoms with Gasteiger partial charge in [-0.1, -0.05) is 0 Å². The monoisotopic (exact) mass is 283 g/mol. The summed E-state index contributed by atoms with van der Waals surface area (Å²) in [4.78, 5) is 24.0. The van der Waals surface area contributed by atoms with E-state index >= 15 is 0 Å². The summed E-state index contributed by atoms with van der Waals surface area (Å²) in [6.45, 7) is 2.51. The van der Waals surface area contributed by atoms with Crippen molar-refractivity contribution in [2.75, 3.05) is 32.8 Å². The molecule has 0 unspecified atom stereocenters. The van der Waals surface area contributed by atoms with E-state index in [0.29, 0.717) is 19.5 Å². The molecule has 1 saturated heterocycles. The molecule has 1 fully saturated rings. The fraction of sp³-hybridized carbons (Fsp3) is 0.769. The lowest BCUT2D eigenvalue weighted by molar-refractivity contribution is -0.139. The molecule has 1 amide bonds. The van der Waals surface area contributed by atoms with E-state index in [2.05, 4.69) is 5.32 Å². The predicted molar refractivity (Wildman–Crippen MR) is 70.9 cm³/mol. The van der Waals surface area contributed by atoms with Crippen LogP contribution in [0.3, 0.4) is 0 Å². The Bertz CT molecular complexity index is 359. The maximum atomic E-state index is 11.6. The van der Waals surface area contributed by atoms with E-state index in [1.807, 2.05) is 11.0 Å². The molecule has 1 aliphatic rings. The molecule has 1 aliphatic heterocycles. The fourth-order valence-corrected chi connectivity index (χ4v) is 2.06. The Balaban J connectivity index is 2.11. The number of carboxylic acid groups (broad SMARTS) is 1. The second-order valence-electron chi connectivity index (χ2n) is 4.75. The summed E-state index contributed by atoms with van der Waals surface area (Å²) in [5.41, 5.74) is 0. The average molecular weight is 283 g/mol. The van der Waals surface area contributed by atoms with E-state index in [9.17, 15) is 9.59 Å². The van der Waals surface area contributed by atoms with E-state index in [1.165, 1.54) is 0 Å². The fourth-order valence-electron chi connectivity index (χ4n) is 2.06. The van der Waals surface area contributed by atoms with Gasteiger partial charge < -0.3 is 15.2 Å². The second kappa shape index (κ2) is 9.28. The third kappa shape index (κ3) is 7.07. The van der Waals surface area contributed by atoms with E-state index in [0.717, 1.165) is 25.9 Å². The van der Waals surface area contributed by atoms with Crippen molar-refractivity contribution in [2.45, 2.75) is 31.8 Å². The molecule has 0 aromatic rings. The maximum absolute atomic E-state index is 11.6. The van der Waals surface area contributed by atoms with Crippen molar-refractivity contribution in [3.8, 4) is 6.07 Å². The first-order chi connectivity index (χ1) is 9.61. The SMILES string of the molecule is N#CCCNC(=O)CN1CCC(OCCC(=O)O)CC1. The Labute approximate surface area is 118 Å². The van der Waals surface area contributed by atoms with Gasteiger partial charge in [0, 0.05) is 19.6 Å². The third-order valence-electron chi connectivity index (χ3n) is 3.13. The lowest BCUT2D eigenvalue weighted by Crippen LogP contribution is -2.43. The number of nitrogens with zero attached hydrogens (tertiary/aromatic N) is 2. The number of ether oxygens (including phenoxy) is 1. The molecule has 0 aliphatic carbocycles. The summed E-state index contributed by atoms with van der Waals surface area (Å²) in [6, 6.07) is 1.97. The van der Waals surface area contributed by atoms with Crippen molar-refractivity contribution in [1.29, 1.82) is 5.26 Å². The average Bonchev–Trinajstić information content (AvgIpc) is 2.41. The first kappa shape index (κ1) is 16.4. The molecular formula is C13H21N3O4. The van der Waals surface area contributed by atoms with Crippen molar-refractivity contribution >= 4 is 11.9 Å². The molecule has 2 N–H and O–H groups in total. The van der Waals surface area contributed by atoms with Gasteiger partial charge in [-0.3, -0.25) is 14.5 Å². The Morgan fingerprint density at radius 1 is 1.40 bits per heavy atom. The number of amides is 1. The van der Waals surface area contributed by atoms with Crippen molar-refractivity contribution in [2.24, 2.45) is 0 Å². The standard InChI is InChI=1S/C13H21N3O4/c14-5-1-6-15-12(17)10-16-7-2-11(3-8-16)20-9-4-13(18)19/h11H,1-4,6-10H2,(H,15,17)(H,18,19). The number of nitrogens with one attached hydrogen (secondary N) is 1. The number of carbonyl (C=O) groups is 2. The number of piperidine rings is 1. The van der Waals surface area contributed by atoms with Crippen LogP contribution in [0.1, 0.15) is 25.7 Å². The highest BCUT2D eigenvalue weighted by molar-refractivity contribution is 5.78. The minimum absolute atomic E-state index is 0.0293. The highest BCUT2D eigenvalue weighted by Gasteiger charge is 2.21. The highest BCUT2D eigenvalue weighted by atomic mass is 16.5. The molecular weight excluding hydrogens is 262 g/mol. The number of nitriles is 1. The molecule has 20 heavy (non-hydrogen) atoms. The molecule has 0 atom stereocenters. The first-order valence-corrected chi connectivity index (χ1v) is 6.81. The number of carboxylic acids is 1. The van der Waals surface area contributed by atoms with Crippen molar-refractivity contribution < 1.29 is 19.4 Å². The van der Waals surface area contributed by atoms with Gasteiger partial charge in [0.1, 0.15) is 0 Å². The molecule has 112 valence electrons. The van der Waals surface area contributed by atoms with E-state index in [4.69, 9.17) is 15.1 Å². The predicted octanol–water partition coefficient (Wildman–Crippen LogP) is -0.0280. The Morgan fingerprint density at radius 2 is 2.10 bits per heavy atom. The largest absolute Gasteiger partial charge is 0.481 e. The Kier molecular flexibility index (Phi) is 7.62. The van der Waals surface area contributed by atoms with Gasteiger partial charge >= 0.3 is 5.97 Å². The zero-order chi connectivity index (χ0) is 14.8. The molecule has 0 aromatic carbocycles. The minimum atomic E-state index is -0.850. The summed E-state index contributed by atoms with van der Waals surface area (Å²) < 4.78 is 5.48. The summed E-state index contributed by atoms with van der Waals surface area (Å²) in [7, 11) is 0. The van der Waals surface area contributed by atoms with Gasteiger partial charge in [-0.2, -0.15) is 5.26 Å². The van der Waals surface area contributed by atoms with Crippen LogP contribution in [0.25, 0.3) is 0 Å². The van der Waals surface area contributed by atoms with Crippen molar-refractivity contribution in [3.05, 3.63) is 0 Å². The smallest absolute Gasteiger partial charge is 0.305 e. The van der Waals surface area contributed by atoms with Gasteiger partial charge in [-0.05, 0) is 12.8 Å². The van der Waals surface area contributed by atoms with Crippen LogP contribution < -0.4 is 5.32 Å². The first-order valence-electron chi connectivity index (χ1n) is 6.81. The van der Waals surface area contributed by atoms with E-state index in [1.54, 1.807) is 0 Å². The molecule has 7 nitrogen and oxygen atoms in total. The highest BCUT2D eigenvalue weighted by Crippen LogP contribution is 2.13. The zero-order valence-electron chi connectivity index (χ0n) is 11.5. The number of likely N-dealkylation sites (tertiary alicyclic amines) is 1. The Morgan fingerprint density at radius 3 is 2.70 bits per heavy atom. The topological polar surface area (TPSA) is 103 Å². The van der Waals surface area contributed by atoms with E-state index < -0.39 is 5.97 Å². The van der Waals surface area contributed by atoms with Gasteiger partial charge in [-0.25, -0.2) is 0 Å². The number of hydrogen-bond acceptors (Lipinski definition) is 5. The lowest BCUT2D eigenvalue weighted by atomic mass is 10.1. The molecule has 0 aromatic heterocycles. The van der Waals surface area contributed by atoms with Gasteiger partial charge in [-0.15, -0.1) is 0 Å². The summed E-state index contributed by atoms with van der Waals surface area (Å²) in [5.74, 6) is -0.915. The number of hydrogen-bond donors (Lipinski definition) is 2. The van der Waals surface area contributed by atoms with Crippen LogP contribution >= 0.6 is 0 Å². The van der Waals surface area contributed by atoms with Gasteiger partial charge in [0.05, 0.1) is 38.2 Å². The van der Waals surface area contributed by atoms with Crippen LogP contribution in [-0.4, -0.2) is 60.8 Å². The number of carbonyl (C=O) groups excluding carboxylic acids is 1. The van der Waals surface area contributed by atoms with Crippen LogP contribution in [0, 0.1) is 11.3 Å². The van der Waals surface area contributed by atoms with Crippen LogP contribution in [-0.2, 0) is 14.3 Å². The van der Waals surface area contributed by atoms with Crippen LogP contribution in [0.15, 0.2) is 0 Å². The van der Waals surface area contributed by atoms with Crippen LogP contribution in [0.5, 0.6) is 0 Å². The third-order valence-corrected chi connectivity index (χ3v) is 3.13. The number of aliphatic carboxylic acids is 1. The normalized spacial score (nSPS) is 16.6. The molecule has 1 heterocycles. The molecule has 0 radical (unpaired) electrons. The summed E-state index contributed by atoms with van der Waals surface area (Å²) in [6.07, 6.45) is 2.07.